The molecule has 0 aliphatic carbocycles. The third kappa shape index (κ3) is 5.49. The van der Waals surface area contributed by atoms with Crippen molar-refractivity contribution in [2.24, 2.45) is 0 Å². The first-order valence-electron chi connectivity index (χ1n) is 13.4. The molecule has 0 saturated carbocycles. The van der Waals surface area contributed by atoms with Crippen molar-refractivity contribution in [3.8, 4) is 22.6 Å². The van der Waals surface area contributed by atoms with Gasteiger partial charge < -0.3 is 38.9 Å². The first-order chi connectivity index (χ1) is 20.0. The summed E-state index contributed by atoms with van der Waals surface area (Å²) in [7, 11) is 2.99. The second kappa shape index (κ2) is 11.6. The van der Waals surface area contributed by atoms with Crippen LogP contribution in [0, 0.1) is 6.92 Å². The maximum absolute atomic E-state index is 13.2. The summed E-state index contributed by atoms with van der Waals surface area (Å²) >= 11 is 0. The summed E-state index contributed by atoms with van der Waals surface area (Å²) in [5.41, 5.74) is 0.939. The van der Waals surface area contributed by atoms with Gasteiger partial charge in [-0.1, -0.05) is 30.3 Å². The molecule has 1 saturated heterocycles. The number of anilines is 1. The van der Waals surface area contributed by atoms with E-state index in [-0.39, 0.29) is 17.0 Å². The lowest BCUT2D eigenvalue weighted by Gasteiger charge is -2.46. The number of aryl methyl sites for hydroxylation is 1. The summed E-state index contributed by atoms with van der Waals surface area (Å²) in [6.45, 7) is 5.14. The molecule has 2 heterocycles. The first kappa shape index (κ1) is 29.3. The Kier molecular flexibility index (Phi) is 8.07. The van der Waals surface area contributed by atoms with Crippen LogP contribution in [0.3, 0.4) is 0 Å². The SMILES string of the molecule is COc1ccc(C(=O)Nc2cc3ccc(O[C@@H]4OC(C)(C)C(OC)C(O)C4O)c(C)c3oc2=O)cc1-c1ccccc1. The Hall–Kier alpha value is -4.22. The van der Waals surface area contributed by atoms with E-state index >= 15 is 0 Å². The molecule has 3 N–H and O–H groups in total. The molecule has 42 heavy (non-hydrogen) atoms. The monoisotopic (exact) mass is 575 g/mol. The molecule has 4 atom stereocenters. The maximum Gasteiger partial charge on any atom is 0.360 e. The van der Waals surface area contributed by atoms with Gasteiger partial charge >= 0.3 is 5.63 Å². The van der Waals surface area contributed by atoms with E-state index in [1.165, 1.54) is 13.2 Å². The zero-order chi connectivity index (χ0) is 30.2. The highest BCUT2D eigenvalue weighted by atomic mass is 16.7. The highest BCUT2D eigenvalue weighted by Gasteiger charge is 2.50. The van der Waals surface area contributed by atoms with Gasteiger partial charge in [0.2, 0.25) is 6.29 Å². The van der Waals surface area contributed by atoms with Crippen molar-refractivity contribution in [3.63, 3.8) is 0 Å². The van der Waals surface area contributed by atoms with Gasteiger partial charge in [0, 0.05) is 29.2 Å². The van der Waals surface area contributed by atoms with Crippen molar-refractivity contribution in [2.75, 3.05) is 19.5 Å². The van der Waals surface area contributed by atoms with Crippen LogP contribution < -0.4 is 20.4 Å². The second-order valence-corrected chi connectivity index (χ2v) is 10.6. The van der Waals surface area contributed by atoms with Crippen molar-refractivity contribution in [1.29, 1.82) is 0 Å². The fourth-order valence-corrected chi connectivity index (χ4v) is 5.24. The predicted molar refractivity (Wildman–Crippen MR) is 156 cm³/mol. The highest BCUT2D eigenvalue weighted by Crippen LogP contribution is 2.35. The average Bonchev–Trinajstić information content (AvgIpc) is 2.98. The van der Waals surface area contributed by atoms with Crippen LogP contribution >= 0.6 is 0 Å². The van der Waals surface area contributed by atoms with Gasteiger partial charge in [-0.15, -0.1) is 0 Å². The molecule has 0 bridgehead atoms. The highest BCUT2D eigenvalue weighted by molar-refractivity contribution is 6.05. The van der Waals surface area contributed by atoms with E-state index in [1.807, 2.05) is 30.3 Å². The molecule has 10 nitrogen and oxygen atoms in total. The van der Waals surface area contributed by atoms with Crippen molar-refractivity contribution in [3.05, 3.63) is 88.3 Å². The van der Waals surface area contributed by atoms with Crippen LogP contribution in [0.4, 0.5) is 5.69 Å². The lowest BCUT2D eigenvalue weighted by molar-refractivity contribution is -0.306. The molecule has 0 spiro atoms. The Balaban J connectivity index is 1.40. The summed E-state index contributed by atoms with van der Waals surface area (Å²) in [6.07, 6.45) is -4.60. The van der Waals surface area contributed by atoms with Crippen LogP contribution in [0.15, 0.2) is 75.9 Å². The molecule has 0 radical (unpaired) electrons. The minimum absolute atomic E-state index is 0.0286. The van der Waals surface area contributed by atoms with E-state index in [4.69, 9.17) is 23.4 Å². The molecule has 1 aliphatic rings. The van der Waals surface area contributed by atoms with Crippen molar-refractivity contribution >= 4 is 22.6 Å². The molecular weight excluding hydrogens is 542 g/mol. The molecular formula is C32H33NO9. The lowest BCUT2D eigenvalue weighted by Crippen LogP contribution is -2.63. The number of hydrogen-bond donors (Lipinski definition) is 3. The Morgan fingerprint density at radius 2 is 1.67 bits per heavy atom. The summed E-state index contributed by atoms with van der Waals surface area (Å²) in [5, 5.41) is 24.3. The van der Waals surface area contributed by atoms with E-state index in [1.54, 1.807) is 58.2 Å². The maximum atomic E-state index is 13.2. The standard InChI is InChI=1S/C32H33NO9/c1-17-23(40-31-26(35)25(34)28(39-5)32(2,3)42-31)13-11-19-16-22(30(37)41-27(17)19)33-29(36)20-12-14-24(38-4)21(15-20)18-9-7-6-8-10-18/h6-16,25-26,28,31,34-35H,1-5H3,(H,33,36)/t25?,26?,28?,31-/m1/s1. The number of carbonyl (C=O) groups excluding carboxylic acids is 1. The molecule has 3 unspecified atom stereocenters. The van der Waals surface area contributed by atoms with Gasteiger partial charge in [-0.3, -0.25) is 4.79 Å². The number of rotatable bonds is 7. The van der Waals surface area contributed by atoms with E-state index in [2.05, 4.69) is 5.32 Å². The smallest absolute Gasteiger partial charge is 0.360 e. The third-order valence-corrected chi connectivity index (χ3v) is 7.44. The van der Waals surface area contributed by atoms with Gasteiger partial charge in [-0.25, -0.2) is 4.79 Å². The molecule has 1 amide bonds. The number of aliphatic hydroxyl groups is 2. The zero-order valence-corrected chi connectivity index (χ0v) is 23.9. The molecule has 1 aliphatic heterocycles. The van der Waals surface area contributed by atoms with Gasteiger partial charge in [0.25, 0.3) is 5.91 Å². The Morgan fingerprint density at radius 1 is 0.952 bits per heavy atom. The van der Waals surface area contributed by atoms with Crippen LogP contribution in [0.25, 0.3) is 22.1 Å². The fourth-order valence-electron chi connectivity index (χ4n) is 5.24. The van der Waals surface area contributed by atoms with Gasteiger partial charge in [0.15, 0.2) is 0 Å². The number of amides is 1. The summed E-state index contributed by atoms with van der Waals surface area (Å²) in [4.78, 5) is 26.1. The van der Waals surface area contributed by atoms with Gasteiger partial charge in [0.1, 0.15) is 41.1 Å². The number of benzene rings is 3. The average molecular weight is 576 g/mol. The van der Waals surface area contributed by atoms with Crippen molar-refractivity contribution in [1.82, 2.24) is 0 Å². The van der Waals surface area contributed by atoms with E-state index in [0.717, 1.165) is 11.1 Å². The lowest BCUT2D eigenvalue weighted by atomic mass is 9.89. The molecule has 4 aromatic rings. The number of nitrogens with one attached hydrogen (secondary N) is 1. The quantitative estimate of drug-likeness (QED) is 0.276. The number of ether oxygens (including phenoxy) is 4. The summed E-state index contributed by atoms with van der Waals surface area (Å²) < 4.78 is 28.2. The van der Waals surface area contributed by atoms with Crippen molar-refractivity contribution < 1.29 is 38.4 Å². The van der Waals surface area contributed by atoms with Crippen LogP contribution in [0.1, 0.15) is 29.8 Å². The molecule has 5 rings (SSSR count). The van der Waals surface area contributed by atoms with E-state index < -0.39 is 41.7 Å². The Bertz CT molecular complexity index is 1660. The van der Waals surface area contributed by atoms with Crippen molar-refractivity contribution in [2.45, 2.75) is 51.0 Å². The largest absolute Gasteiger partial charge is 0.496 e. The molecule has 1 fully saturated rings. The first-order valence-corrected chi connectivity index (χ1v) is 13.4. The molecule has 1 aromatic heterocycles. The van der Waals surface area contributed by atoms with Crippen LogP contribution in [-0.4, -0.2) is 60.5 Å². The van der Waals surface area contributed by atoms with Gasteiger partial charge in [-0.05, 0) is 62.7 Å². The second-order valence-electron chi connectivity index (χ2n) is 10.6. The minimum atomic E-state index is -1.39. The van der Waals surface area contributed by atoms with Crippen LogP contribution in [-0.2, 0) is 9.47 Å². The topological polar surface area (TPSA) is 137 Å². The van der Waals surface area contributed by atoms with E-state index in [9.17, 15) is 19.8 Å². The minimum Gasteiger partial charge on any atom is -0.496 e. The molecule has 10 heteroatoms. The predicted octanol–water partition coefficient (Wildman–Crippen LogP) is 4.28. The number of aliphatic hydroxyl groups excluding tert-OH is 2. The van der Waals surface area contributed by atoms with Crippen LogP contribution in [0.2, 0.25) is 0 Å². The van der Waals surface area contributed by atoms with Gasteiger partial charge in [-0.2, -0.15) is 0 Å². The van der Waals surface area contributed by atoms with Gasteiger partial charge in [0.05, 0.1) is 12.7 Å². The molecule has 220 valence electrons. The summed E-state index contributed by atoms with van der Waals surface area (Å²) in [5.74, 6) is 0.411. The summed E-state index contributed by atoms with van der Waals surface area (Å²) in [6, 6.07) is 19.4. The number of hydrogen-bond acceptors (Lipinski definition) is 9. The van der Waals surface area contributed by atoms with Crippen LogP contribution in [0.5, 0.6) is 11.5 Å². The number of fused-ring (bicyclic) bond motifs is 1. The zero-order valence-electron chi connectivity index (χ0n) is 23.9. The fraction of sp³-hybridized carbons (Fsp3) is 0.312. The number of methoxy groups -OCH3 is 2. The van der Waals surface area contributed by atoms with E-state index in [0.29, 0.717) is 22.3 Å². The third-order valence-electron chi connectivity index (χ3n) is 7.44. The normalized spacial score (nSPS) is 21.6. The number of carbonyl (C=O) groups is 1. The Labute approximate surface area is 242 Å². The Morgan fingerprint density at radius 3 is 2.36 bits per heavy atom. The molecule has 3 aromatic carbocycles.